The van der Waals surface area contributed by atoms with E-state index in [0.717, 1.165) is 12.3 Å². The fourth-order valence-corrected chi connectivity index (χ4v) is 1.98. The highest BCUT2D eigenvalue weighted by atomic mass is 32.1. The normalized spacial score (nSPS) is 12.9. The van der Waals surface area contributed by atoms with Crippen molar-refractivity contribution in [2.24, 2.45) is 0 Å². The van der Waals surface area contributed by atoms with E-state index in [1.165, 1.54) is 11.3 Å². The molecule has 3 nitrogen and oxygen atoms in total. The van der Waals surface area contributed by atoms with Crippen LogP contribution in [0.3, 0.4) is 0 Å². The maximum Gasteiger partial charge on any atom is 0.180 e. The molecule has 0 fully saturated rings. The van der Waals surface area contributed by atoms with Crippen LogP contribution in [0.1, 0.15) is 23.6 Å². The monoisotopic (exact) mass is 208 g/mol. The van der Waals surface area contributed by atoms with Crippen LogP contribution in [0, 0.1) is 0 Å². The second kappa shape index (κ2) is 4.39. The Kier molecular flexibility index (Phi) is 2.96. The van der Waals surface area contributed by atoms with Gasteiger partial charge in [-0.15, -0.1) is 11.3 Å². The fourth-order valence-electron chi connectivity index (χ4n) is 1.22. The van der Waals surface area contributed by atoms with E-state index >= 15 is 0 Å². The molecule has 0 spiro atoms. The van der Waals surface area contributed by atoms with Crippen LogP contribution < -0.4 is 5.32 Å². The summed E-state index contributed by atoms with van der Waals surface area (Å²) in [6, 6.07) is 4.55. The predicted octanol–water partition coefficient (Wildman–Crippen LogP) is 2.59. The third-order valence-electron chi connectivity index (χ3n) is 2.04. The first-order valence-electron chi connectivity index (χ1n) is 4.50. The molecule has 0 bridgehead atoms. The molecule has 4 heteroatoms. The zero-order chi connectivity index (χ0) is 9.80. The lowest BCUT2D eigenvalue weighted by Gasteiger charge is -2.09. The molecule has 14 heavy (non-hydrogen) atoms. The van der Waals surface area contributed by atoms with E-state index < -0.39 is 0 Å². The molecule has 2 rings (SSSR count). The molecule has 0 radical (unpaired) electrons. The highest BCUT2D eigenvalue weighted by Gasteiger charge is 2.06. The molecule has 0 aromatic carbocycles. The first kappa shape index (κ1) is 9.43. The molecule has 74 valence electrons. The van der Waals surface area contributed by atoms with Crippen molar-refractivity contribution in [1.29, 1.82) is 0 Å². The van der Waals surface area contributed by atoms with E-state index in [-0.39, 0.29) is 0 Å². The van der Waals surface area contributed by atoms with Crippen LogP contribution in [0.4, 0.5) is 0 Å². The molecule has 0 saturated carbocycles. The molecular formula is C10H12N2OS. The molecule has 2 aromatic heterocycles. The average Bonchev–Trinajstić information content (AvgIpc) is 2.87. The Bertz CT molecular complexity index is 355. The second-order valence-electron chi connectivity index (χ2n) is 3.09. The quantitative estimate of drug-likeness (QED) is 0.839. The molecule has 2 heterocycles. The molecule has 0 unspecified atom stereocenters. The molecule has 0 amide bonds. The van der Waals surface area contributed by atoms with Crippen molar-refractivity contribution in [1.82, 2.24) is 10.3 Å². The van der Waals surface area contributed by atoms with Gasteiger partial charge in [0.05, 0.1) is 12.7 Å². The summed E-state index contributed by atoms with van der Waals surface area (Å²) in [5, 5.41) is 5.45. The van der Waals surface area contributed by atoms with E-state index in [4.69, 9.17) is 4.42 Å². The fraction of sp³-hybridized carbons (Fsp3) is 0.300. The molecule has 1 N–H and O–H groups in total. The van der Waals surface area contributed by atoms with Crippen molar-refractivity contribution >= 4 is 11.3 Å². The van der Waals surface area contributed by atoms with Crippen LogP contribution in [-0.2, 0) is 6.54 Å². The van der Waals surface area contributed by atoms with Gasteiger partial charge in [-0.25, -0.2) is 4.98 Å². The first-order chi connectivity index (χ1) is 6.86. The summed E-state index contributed by atoms with van der Waals surface area (Å²) in [4.78, 5) is 5.20. The summed E-state index contributed by atoms with van der Waals surface area (Å²) in [6.07, 6.45) is 3.18. The van der Waals surface area contributed by atoms with Crippen molar-refractivity contribution in [2.45, 2.75) is 19.5 Å². The number of thiophene rings is 1. The van der Waals surface area contributed by atoms with Gasteiger partial charge in [0.15, 0.2) is 6.39 Å². The van der Waals surface area contributed by atoms with Crippen molar-refractivity contribution in [3.63, 3.8) is 0 Å². The van der Waals surface area contributed by atoms with Crippen LogP contribution in [-0.4, -0.2) is 4.98 Å². The van der Waals surface area contributed by atoms with Crippen LogP contribution in [0.2, 0.25) is 0 Å². The van der Waals surface area contributed by atoms with Crippen LogP contribution in [0.25, 0.3) is 0 Å². The van der Waals surface area contributed by atoms with Crippen LogP contribution >= 0.6 is 11.3 Å². The van der Waals surface area contributed by atoms with E-state index in [0.29, 0.717) is 6.04 Å². The molecular weight excluding hydrogens is 196 g/mol. The van der Waals surface area contributed by atoms with E-state index in [9.17, 15) is 0 Å². The Morgan fingerprint density at radius 3 is 3.21 bits per heavy atom. The standard InChI is InChI=1S/C10H12N2OS/c1-8(10-3-2-4-14-10)12-6-9-5-11-7-13-9/h2-5,7-8,12H,6H2,1H3/t8-/m0/s1. The van der Waals surface area contributed by atoms with Gasteiger partial charge in [0.1, 0.15) is 5.76 Å². The number of oxazole rings is 1. The lowest BCUT2D eigenvalue weighted by atomic mass is 10.3. The smallest absolute Gasteiger partial charge is 0.180 e. The largest absolute Gasteiger partial charge is 0.447 e. The second-order valence-corrected chi connectivity index (χ2v) is 4.07. The number of aromatic nitrogens is 1. The molecule has 0 aliphatic heterocycles. The van der Waals surface area contributed by atoms with Crippen molar-refractivity contribution in [2.75, 3.05) is 0 Å². The number of rotatable bonds is 4. The summed E-state index contributed by atoms with van der Waals surface area (Å²) in [6.45, 7) is 2.86. The van der Waals surface area contributed by atoms with Crippen molar-refractivity contribution in [3.05, 3.63) is 40.7 Å². The molecule has 1 atom stereocenters. The molecule has 0 aliphatic carbocycles. The van der Waals surface area contributed by atoms with Gasteiger partial charge in [0.2, 0.25) is 0 Å². The Morgan fingerprint density at radius 1 is 1.64 bits per heavy atom. The lowest BCUT2D eigenvalue weighted by molar-refractivity contribution is 0.459. The van der Waals surface area contributed by atoms with E-state index in [1.54, 1.807) is 17.5 Å². The van der Waals surface area contributed by atoms with Gasteiger partial charge in [-0.1, -0.05) is 6.07 Å². The zero-order valence-corrected chi connectivity index (χ0v) is 8.75. The summed E-state index contributed by atoms with van der Waals surface area (Å²) < 4.78 is 5.13. The van der Waals surface area contributed by atoms with Gasteiger partial charge in [0.25, 0.3) is 0 Å². The third-order valence-corrected chi connectivity index (χ3v) is 3.09. The molecule has 2 aromatic rings. The average molecular weight is 208 g/mol. The Hall–Kier alpha value is -1.13. The summed E-state index contributed by atoms with van der Waals surface area (Å²) in [7, 11) is 0. The Morgan fingerprint density at radius 2 is 2.57 bits per heavy atom. The minimum atomic E-state index is 0.361. The summed E-state index contributed by atoms with van der Waals surface area (Å²) in [5.74, 6) is 0.869. The highest BCUT2D eigenvalue weighted by Crippen LogP contribution is 2.18. The van der Waals surface area contributed by atoms with Gasteiger partial charge in [-0.2, -0.15) is 0 Å². The summed E-state index contributed by atoms with van der Waals surface area (Å²) >= 11 is 1.76. The molecule has 0 aliphatic rings. The number of hydrogen-bond acceptors (Lipinski definition) is 4. The minimum Gasteiger partial charge on any atom is -0.447 e. The third kappa shape index (κ3) is 2.21. The predicted molar refractivity (Wildman–Crippen MR) is 56.1 cm³/mol. The topological polar surface area (TPSA) is 38.1 Å². The Labute approximate surface area is 86.8 Å². The van der Waals surface area contributed by atoms with Crippen LogP contribution in [0.5, 0.6) is 0 Å². The van der Waals surface area contributed by atoms with E-state index in [2.05, 4.69) is 34.7 Å². The van der Waals surface area contributed by atoms with Crippen LogP contribution in [0.15, 0.2) is 34.5 Å². The maximum atomic E-state index is 5.13. The zero-order valence-electron chi connectivity index (χ0n) is 7.93. The first-order valence-corrected chi connectivity index (χ1v) is 5.38. The minimum absolute atomic E-state index is 0.361. The number of hydrogen-bond donors (Lipinski definition) is 1. The lowest BCUT2D eigenvalue weighted by Crippen LogP contribution is -2.16. The van der Waals surface area contributed by atoms with Gasteiger partial charge in [-0.3, -0.25) is 0 Å². The SMILES string of the molecule is C[C@H](NCc1cnco1)c1cccs1. The molecule has 0 saturated heterocycles. The number of nitrogens with zero attached hydrogens (tertiary/aromatic N) is 1. The van der Waals surface area contributed by atoms with Gasteiger partial charge >= 0.3 is 0 Å². The van der Waals surface area contributed by atoms with E-state index in [1.807, 2.05) is 0 Å². The summed E-state index contributed by atoms with van der Waals surface area (Å²) in [5.41, 5.74) is 0. The van der Waals surface area contributed by atoms with Gasteiger partial charge in [0, 0.05) is 10.9 Å². The number of nitrogens with one attached hydrogen (secondary N) is 1. The van der Waals surface area contributed by atoms with Crippen molar-refractivity contribution < 1.29 is 4.42 Å². The van der Waals surface area contributed by atoms with Crippen molar-refractivity contribution in [3.8, 4) is 0 Å². The van der Waals surface area contributed by atoms with Gasteiger partial charge in [-0.05, 0) is 18.4 Å². The Balaban J connectivity index is 1.87. The maximum absolute atomic E-state index is 5.13. The van der Waals surface area contributed by atoms with Gasteiger partial charge < -0.3 is 9.73 Å². The highest BCUT2D eigenvalue weighted by molar-refractivity contribution is 7.10.